The van der Waals surface area contributed by atoms with Crippen LogP contribution in [0.15, 0.2) is 0 Å². The molecule has 6 fully saturated rings. The topological polar surface area (TPSA) is 334 Å². The number of hydrogen-bond donors (Lipinski definition) is 10. The molecule has 5 unspecified atom stereocenters. The van der Waals surface area contributed by atoms with Gasteiger partial charge < -0.3 is 80.7 Å². The Kier molecular flexibility index (Phi) is 18.0. The number of carbonyl (C=O) groups is 7. The summed E-state index contributed by atoms with van der Waals surface area (Å²) >= 11 is 1.17. The van der Waals surface area contributed by atoms with Crippen LogP contribution in [0.2, 0.25) is 0 Å². The van der Waals surface area contributed by atoms with Crippen molar-refractivity contribution in [1.82, 2.24) is 41.7 Å². The van der Waals surface area contributed by atoms with Crippen molar-refractivity contribution in [2.75, 3.05) is 97.8 Å². The largest absolute Gasteiger partial charge is 0.388 e. The number of nitrogens with one attached hydrogen (secondary N) is 6. The molecule has 0 spiro atoms. The smallest absolute Gasteiger partial charge is 0.246 e. The molecule has 0 radical (unpaired) electrons. The number of amides is 6. The molecule has 6 rings (SSSR count). The molecule has 0 bridgehead atoms. The molecule has 6 aliphatic heterocycles. The number of morpholine rings is 2. The minimum atomic E-state index is -1.39. The Hall–Kier alpha value is -3.48. The van der Waals surface area contributed by atoms with E-state index in [0.717, 1.165) is 0 Å². The summed E-state index contributed by atoms with van der Waals surface area (Å²) in [7, 11) is 0. The zero-order valence-corrected chi connectivity index (χ0v) is 35.5. The van der Waals surface area contributed by atoms with Crippen molar-refractivity contribution in [3.8, 4) is 0 Å². The fourth-order valence-electron chi connectivity index (χ4n) is 8.02. The summed E-state index contributed by atoms with van der Waals surface area (Å²) in [5.41, 5.74) is 0. The lowest BCUT2D eigenvalue weighted by Crippen LogP contribution is -2.68. The molecule has 0 aromatic carbocycles. The third kappa shape index (κ3) is 13.3. The molecule has 6 saturated heterocycles. The number of rotatable bonds is 22. The molecule has 0 aliphatic carbocycles. The monoisotopic (exact) mass is 918 g/mol. The number of ether oxygens (including phenoxy) is 6. The summed E-state index contributed by atoms with van der Waals surface area (Å²) in [5.74, 6) is -2.38. The first-order valence-electron chi connectivity index (χ1n) is 20.9. The summed E-state index contributed by atoms with van der Waals surface area (Å²) in [6.07, 6.45) is -9.40. The van der Waals surface area contributed by atoms with Gasteiger partial charge in [0, 0.05) is 70.9 Å². The summed E-state index contributed by atoms with van der Waals surface area (Å²) in [5, 5.41) is 58.3. The van der Waals surface area contributed by atoms with E-state index in [-0.39, 0.29) is 101 Å². The van der Waals surface area contributed by atoms with Crippen molar-refractivity contribution in [3.05, 3.63) is 0 Å². The second kappa shape index (κ2) is 23.1. The van der Waals surface area contributed by atoms with E-state index < -0.39 is 90.2 Å². The molecular weight excluding hydrogens is 861 g/mol. The van der Waals surface area contributed by atoms with Gasteiger partial charge in [0.15, 0.2) is 12.6 Å². The molecule has 25 nitrogen and oxygen atoms in total. The maximum absolute atomic E-state index is 12.9. The molecule has 0 saturated carbocycles. The molecule has 6 heterocycles. The quantitative estimate of drug-likeness (QED) is 0.0356. The minimum Gasteiger partial charge on any atom is -0.388 e. The zero-order valence-electron chi connectivity index (χ0n) is 34.7. The van der Waals surface area contributed by atoms with Gasteiger partial charge in [-0.3, -0.25) is 43.4 Å². The minimum absolute atomic E-state index is 0.0491. The number of fused-ring (bicyclic) bond motifs is 2. The number of nitrogens with zero attached hydrogens (tertiary/aromatic N) is 2. The predicted octanol–water partition coefficient (Wildman–Crippen LogP) is -8.14. The van der Waals surface area contributed by atoms with E-state index in [9.17, 15) is 54.0 Å². The summed E-state index contributed by atoms with van der Waals surface area (Å²) < 4.78 is 33.0. The standard InChI is InChI=1S/C37H58N8O17S/c1-18(46)17-63-23-8-28(51)45(35(23)56)5-4-44-11-19(38-2-6-57-13-24(47)40-9-21-31(52)33(54)29-36(61-21)59-15-26(49)42-29)20(12-44)39-3-7-58-14-25(48)41-10-22-32(53)34(55)30-37(62-22)60-16-27(50)43-30/h19-23,29-34,36-39,52-55H,2-17H2,1H3,(H,40,47)(H,41,48)(H,42,49)(H,43,50)/t19?,20?,21-,22-,23?,29-,30-,31+,32+,33-,34-,36?,37?/m1/s1. The molecule has 354 valence electrons. The molecule has 13 atom stereocenters. The fraction of sp³-hybridized carbons (Fsp3) is 0.811. The average molecular weight is 919 g/mol. The molecule has 63 heavy (non-hydrogen) atoms. The van der Waals surface area contributed by atoms with E-state index in [0.29, 0.717) is 32.7 Å². The second-order valence-electron chi connectivity index (χ2n) is 16.0. The zero-order chi connectivity index (χ0) is 45.2. The Bertz CT molecular complexity index is 1560. The number of aliphatic hydroxyl groups excluding tert-OH is 4. The lowest BCUT2D eigenvalue weighted by Gasteiger charge is -2.44. The van der Waals surface area contributed by atoms with Gasteiger partial charge in [-0.2, -0.15) is 0 Å². The van der Waals surface area contributed by atoms with Crippen molar-refractivity contribution in [2.45, 2.75) is 92.0 Å². The van der Waals surface area contributed by atoms with E-state index in [1.54, 1.807) is 0 Å². The SMILES string of the molecule is CC(=O)CSC1CC(=O)N(CCN2CC(NCCOCC(=O)NC[C@H]3OC4OCC(=O)N[C@@H]4[C@@H](O)[C@H]3O)C(NCCOCC(=O)NC[C@H]3OC4OCC(=O)N[C@@H]4[C@@H](O)[C@H]3O)C2)C1=O. The fourth-order valence-corrected chi connectivity index (χ4v) is 8.98. The van der Waals surface area contributed by atoms with Gasteiger partial charge >= 0.3 is 0 Å². The van der Waals surface area contributed by atoms with Crippen LogP contribution in [0.5, 0.6) is 0 Å². The van der Waals surface area contributed by atoms with Crippen LogP contribution in [0.25, 0.3) is 0 Å². The first-order chi connectivity index (χ1) is 30.2. The number of likely N-dealkylation sites (tertiary alicyclic amines) is 2. The maximum atomic E-state index is 12.9. The Morgan fingerprint density at radius 2 is 1.24 bits per heavy atom. The molecular formula is C37H58N8O17S. The van der Waals surface area contributed by atoms with E-state index in [1.165, 1.54) is 23.6 Å². The number of Topliss-reactive ketones (excluding diaryl/α,β-unsaturated/α-hetero) is 1. The lowest BCUT2D eigenvalue weighted by atomic mass is 9.96. The van der Waals surface area contributed by atoms with E-state index in [2.05, 4.69) is 36.8 Å². The maximum Gasteiger partial charge on any atom is 0.246 e. The van der Waals surface area contributed by atoms with E-state index in [4.69, 9.17) is 28.4 Å². The van der Waals surface area contributed by atoms with Crippen LogP contribution in [-0.2, 0) is 62.0 Å². The van der Waals surface area contributed by atoms with E-state index in [1.807, 2.05) is 0 Å². The highest BCUT2D eigenvalue weighted by Gasteiger charge is 2.49. The second-order valence-corrected chi connectivity index (χ2v) is 17.2. The van der Waals surface area contributed by atoms with Gasteiger partial charge in [0.2, 0.25) is 35.4 Å². The predicted molar refractivity (Wildman–Crippen MR) is 213 cm³/mol. The van der Waals surface area contributed by atoms with Crippen molar-refractivity contribution >= 4 is 53.0 Å². The van der Waals surface area contributed by atoms with Crippen LogP contribution in [0.3, 0.4) is 0 Å². The average Bonchev–Trinajstić information content (AvgIpc) is 3.77. The van der Waals surface area contributed by atoms with Crippen molar-refractivity contribution in [1.29, 1.82) is 0 Å². The van der Waals surface area contributed by atoms with Gasteiger partial charge in [0.1, 0.15) is 80.9 Å². The third-order valence-electron chi connectivity index (χ3n) is 11.3. The van der Waals surface area contributed by atoms with Crippen LogP contribution < -0.4 is 31.9 Å². The summed E-state index contributed by atoms with van der Waals surface area (Å²) in [4.78, 5) is 88.6. The highest BCUT2D eigenvalue weighted by Crippen LogP contribution is 2.27. The molecule has 6 amide bonds. The summed E-state index contributed by atoms with van der Waals surface area (Å²) in [6, 6.07) is -2.16. The number of thioether (sulfide) groups is 1. The van der Waals surface area contributed by atoms with Gasteiger partial charge in [-0.15, -0.1) is 11.8 Å². The summed E-state index contributed by atoms with van der Waals surface area (Å²) in [6.45, 7) is 2.67. The van der Waals surface area contributed by atoms with Gasteiger partial charge in [-0.05, 0) is 6.92 Å². The van der Waals surface area contributed by atoms with Gasteiger partial charge in [0.05, 0.1) is 24.2 Å². The molecule has 26 heteroatoms. The highest BCUT2D eigenvalue weighted by molar-refractivity contribution is 8.01. The Balaban J connectivity index is 0.905. The van der Waals surface area contributed by atoms with Crippen molar-refractivity contribution in [3.63, 3.8) is 0 Å². The molecule has 0 aromatic rings. The Morgan fingerprint density at radius 3 is 1.71 bits per heavy atom. The number of aliphatic hydroxyl groups is 4. The first kappa shape index (κ1) is 49.0. The highest BCUT2D eigenvalue weighted by atomic mass is 32.2. The van der Waals surface area contributed by atoms with Crippen LogP contribution >= 0.6 is 11.8 Å². The third-order valence-corrected chi connectivity index (χ3v) is 12.7. The molecule has 0 aromatic heterocycles. The lowest BCUT2D eigenvalue weighted by molar-refractivity contribution is -0.271. The van der Waals surface area contributed by atoms with E-state index >= 15 is 0 Å². The van der Waals surface area contributed by atoms with Gasteiger partial charge in [-0.25, -0.2) is 0 Å². The number of imide groups is 1. The van der Waals surface area contributed by atoms with Crippen LogP contribution in [-0.4, -0.2) is 248 Å². The number of carbonyl (C=O) groups excluding carboxylic acids is 7. The van der Waals surface area contributed by atoms with Crippen LogP contribution in [0.4, 0.5) is 0 Å². The van der Waals surface area contributed by atoms with Crippen molar-refractivity contribution in [2.24, 2.45) is 0 Å². The van der Waals surface area contributed by atoms with Crippen molar-refractivity contribution < 1.29 is 82.4 Å². The first-order valence-corrected chi connectivity index (χ1v) is 21.9. The van der Waals surface area contributed by atoms with Gasteiger partial charge in [-0.1, -0.05) is 0 Å². The molecule has 6 aliphatic rings. The number of hydrogen-bond acceptors (Lipinski definition) is 21. The normalized spacial score (nSPS) is 34.6. The van der Waals surface area contributed by atoms with Gasteiger partial charge in [0.25, 0.3) is 0 Å². The number of ketones is 1. The Labute approximate surface area is 366 Å². The van der Waals surface area contributed by atoms with Crippen LogP contribution in [0.1, 0.15) is 13.3 Å². The van der Waals surface area contributed by atoms with Crippen LogP contribution in [0, 0.1) is 0 Å². The Morgan fingerprint density at radius 1 is 0.746 bits per heavy atom. The molecule has 10 N–H and O–H groups in total.